The van der Waals surface area contributed by atoms with Crippen molar-refractivity contribution in [3.63, 3.8) is 0 Å². The van der Waals surface area contributed by atoms with Gasteiger partial charge >= 0.3 is 40.8 Å². The summed E-state index contributed by atoms with van der Waals surface area (Å²) in [5.41, 5.74) is 0. The fourth-order valence-electron chi connectivity index (χ4n) is 8.95. The van der Waals surface area contributed by atoms with Gasteiger partial charge < -0.3 is 30.9 Å². The summed E-state index contributed by atoms with van der Waals surface area (Å²) in [6.45, 7) is 6.30. The standard InChI is InChI=1S/3C14H25N2.Nd/c3*1-12(15-13-8-4-2-5-9-13)16-14-10-6-3-7-11-14;/h3*13-14H,2-11H2,1H3;/q3*-1;+3. The number of amidine groups is 3. The van der Waals surface area contributed by atoms with Crippen LogP contribution in [0.5, 0.6) is 0 Å². The normalized spacial score (nSPS) is 25.2. The Bertz CT molecular complexity index is 795. The first-order chi connectivity index (χ1) is 23.5. The summed E-state index contributed by atoms with van der Waals surface area (Å²) < 4.78 is 0. The van der Waals surface area contributed by atoms with Gasteiger partial charge in [-0.25, -0.2) is 0 Å². The zero-order valence-electron chi connectivity index (χ0n) is 32.4. The Morgan fingerprint density at radius 1 is 0.306 bits per heavy atom. The van der Waals surface area contributed by atoms with E-state index in [1.807, 2.05) is 0 Å². The third-order valence-electron chi connectivity index (χ3n) is 11.7. The topological polar surface area (TPSA) is 79.4 Å². The van der Waals surface area contributed by atoms with Crippen molar-refractivity contribution in [2.75, 3.05) is 0 Å². The summed E-state index contributed by atoms with van der Waals surface area (Å²) in [5, 5.41) is 14.3. The smallest absolute Gasteiger partial charge is 0.466 e. The van der Waals surface area contributed by atoms with E-state index in [0.717, 1.165) is 17.5 Å². The second kappa shape index (κ2) is 26.5. The van der Waals surface area contributed by atoms with Crippen molar-refractivity contribution in [1.82, 2.24) is 0 Å². The SMILES string of the molecule is CC(=NC1CCCCC1)[N-]C1CCCCC1.CC(=NC1CCCCC1)[N-]C1CCCCC1.CC(=NC1CCCCC1)[N-]C1CCCCC1.[Nd+3]. The van der Waals surface area contributed by atoms with Crippen molar-refractivity contribution in [3.05, 3.63) is 16.0 Å². The second-order valence-electron chi connectivity index (χ2n) is 16.2. The van der Waals surface area contributed by atoms with E-state index in [9.17, 15) is 0 Å². The summed E-state index contributed by atoms with van der Waals surface area (Å²) in [4.78, 5) is 14.3. The summed E-state index contributed by atoms with van der Waals surface area (Å²) in [7, 11) is 0. The first-order valence-corrected chi connectivity index (χ1v) is 21.3. The minimum Gasteiger partial charge on any atom is -0.466 e. The van der Waals surface area contributed by atoms with Crippen LogP contribution in [0.2, 0.25) is 0 Å². The molecule has 0 spiro atoms. The number of rotatable bonds is 6. The molecule has 6 fully saturated rings. The molecule has 0 aliphatic heterocycles. The first-order valence-electron chi connectivity index (χ1n) is 21.3. The summed E-state index contributed by atoms with van der Waals surface area (Å²) in [5.74, 6) is 3.21. The first kappa shape index (κ1) is 43.2. The van der Waals surface area contributed by atoms with Crippen LogP contribution < -0.4 is 0 Å². The Morgan fingerprint density at radius 3 is 0.694 bits per heavy atom. The van der Waals surface area contributed by atoms with E-state index in [4.69, 9.17) is 30.9 Å². The molecule has 6 aliphatic rings. The fraction of sp³-hybridized carbons (Fsp3) is 0.929. The Hall–Kier alpha value is -0.239. The van der Waals surface area contributed by atoms with Crippen LogP contribution in [0, 0.1) is 40.8 Å². The summed E-state index contributed by atoms with van der Waals surface area (Å²) >= 11 is 0. The molecule has 0 amide bonds. The molecule has 6 rings (SSSR count). The minimum absolute atomic E-state index is 0. The van der Waals surface area contributed by atoms with E-state index in [1.54, 1.807) is 0 Å². The van der Waals surface area contributed by atoms with Gasteiger partial charge in [-0.3, -0.25) is 0 Å². The molecule has 1 radical (unpaired) electrons. The predicted molar refractivity (Wildman–Crippen MR) is 211 cm³/mol. The van der Waals surface area contributed by atoms with Crippen LogP contribution in [0.25, 0.3) is 16.0 Å². The van der Waals surface area contributed by atoms with Gasteiger partial charge in [-0.2, -0.15) is 0 Å². The van der Waals surface area contributed by atoms with E-state index in [-0.39, 0.29) is 40.8 Å². The van der Waals surface area contributed by atoms with Crippen LogP contribution in [-0.2, 0) is 0 Å². The summed E-state index contributed by atoms with van der Waals surface area (Å²) in [6, 6.07) is 3.51. The van der Waals surface area contributed by atoms with Crippen LogP contribution in [0.4, 0.5) is 0 Å². The van der Waals surface area contributed by atoms with E-state index in [1.165, 1.54) is 193 Å². The van der Waals surface area contributed by atoms with E-state index in [2.05, 4.69) is 20.8 Å². The fourth-order valence-corrected chi connectivity index (χ4v) is 8.95. The Balaban J connectivity index is 0.000000197. The molecular formula is C42H75N6Nd. The van der Waals surface area contributed by atoms with Crippen molar-refractivity contribution >= 4 is 17.5 Å². The van der Waals surface area contributed by atoms with Gasteiger partial charge in [0, 0.05) is 0 Å². The average molecular weight is 808 g/mol. The zero-order valence-corrected chi connectivity index (χ0v) is 35.6. The van der Waals surface area contributed by atoms with Crippen LogP contribution in [0.1, 0.15) is 213 Å². The largest absolute Gasteiger partial charge is 3.00 e. The van der Waals surface area contributed by atoms with Crippen molar-refractivity contribution in [1.29, 1.82) is 0 Å². The van der Waals surface area contributed by atoms with Gasteiger partial charge in [0.05, 0.1) is 0 Å². The molecule has 0 saturated heterocycles. The predicted octanol–water partition coefficient (Wildman–Crippen LogP) is 13.3. The Labute approximate surface area is 336 Å². The number of aliphatic imine (C=N–C) groups is 3. The third kappa shape index (κ3) is 19.4. The van der Waals surface area contributed by atoms with Gasteiger partial charge in [0.1, 0.15) is 0 Å². The third-order valence-corrected chi connectivity index (χ3v) is 11.7. The van der Waals surface area contributed by atoms with Crippen LogP contribution >= 0.6 is 0 Å². The molecular weight excluding hydrogens is 733 g/mol. The molecule has 0 aromatic rings. The second-order valence-corrected chi connectivity index (χ2v) is 16.2. The molecule has 0 aromatic carbocycles. The van der Waals surface area contributed by atoms with Crippen molar-refractivity contribution in [2.24, 2.45) is 15.0 Å². The van der Waals surface area contributed by atoms with Crippen molar-refractivity contribution < 1.29 is 40.8 Å². The van der Waals surface area contributed by atoms with Gasteiger partial charge in [0.15, 0.2) is 0 Å². The molecule has 0 N–H and O–H groups in total. The number of hydrogen-bond acceptors (Lipinski definition) is 3. The minimum atomic E-state index is 0. The van der Waals surface area contributed by atoms with Gasteiger partial charge in [0.2, 0.25) is 0 Å². The zero-order chi connectivity index (χ0) is 33.7. The maximum atomic E-state index is 4.78. The van der Waals surface area contributed by atoms with E-state index >= 15 is 0 Å². The molecule has 0 aromatic heterocycles. The quantitative estimate of drug-likeness (QED) is 0.189. The van der Waals surface area contributed by atoms with E-state index < -0.39 is 0 Å². The van der Waals surface area contributed by atoms with Gasteiger partial charge in [0.25, 0.3) is 0 Å². The van der Waals surface area contributed by atoms with Crippen LogP contribution in [0.15, 0.2) is 15.0 Å². The van der Waals surface area contributed by atoms with Gasteiger partial charge in [-0.05, 0) is 57.0 Å². The molecule has 7 heteroatoms. The average Bonchev–Trinajstić information content (AvgIpc) is 3.11. The van der Waals surface area contributed by atoms with Crippen LogP contribution in [-0.4, -0.2) is 53.8 Å². The Kier molecular flexibility index (Phi) is 23.4. The molecule has 49 heavy (non-hydrogen) atoms. The molecule has 0 unspecified atom stereocenters. The number of nitrogens with zero attached hydrogens (tertiary/aromatic N) is 6. The molecule has 6 saturated carbocycles. The number of hydrogen-bond donors (Lipinski definition) is 0. The molecule has 6 nitrogen and oxygen atoms in total. The maximum absolute atomic E-state index is 4.78. The van der Waals surface area contributed by atoms with Crippen molar-refractivity contribution in [3.8, 4) is 0 Å². The van der Waals surface area contributed by atoms with Crippen LogP contribution in [0.3, 0.4) is 0 Å². The monoisotopic (exact) mass is 806 g/mol. The maximum Gasteiger partial charge on any atom is 3.00 e. The molecule has 0 bridgehead atoms. The van der Waals surface area contributed by atoms with E-state index in [0.29, 0.717) is 36.3 Å². The summed E-state index contributed by atoms with van der Waals surface area (Å²) in [6.07, 6.45) is 40.3. The molecule has 0 atom stereocenters. The molecule has 277 valence electrons. The molecule has 0 heterocycles. The van der Waals surface area contributed by atoms with Crippen molar-refractivity contribution in [2.45, 2.75) is 250 Å². The van der Waals surface area contributed by atoms with Gasteiger partial charge in [-0.1, -0.05) is 210 Å². The van der Waals surface area contributed by atoms with Gasteiger partial charge in [-0.15, -0.1) is 0 Å². The molecule has 6 aliphatic carbocycles. The Morgan fingerprint density at radius 2 is 0.490 bits per heavy atom.